The van der Waals surface area contributed by atoms with Crippen LogP contribution >= 0.6 is 0 Å². The lowest BCUT2D eigenvalue weighted by Gasteiger charge is -2.07. The van der Waals surface area contributed by atoms with Crippen molar-refractivity contribution in [2.24, 2.45) is 5.73 Å². The van der Waals surface area contributed by atoms with Crippen LogP contribution in [0, 0.1) is 0 Å². The zero-order chi connectivity index (χ0) is 9.97. The SMILES string of the molecule is CCC(N)Cc1cnc(C2CC2)nc1. The Kier molecular flexibility index (Phi) is 2.77. The van der Waals surface area contributed by atoms with Gasteiger partial charge >= 0.3 is 0 Å². The van der Waals surface area contributed by atoms with Gasteiger partial charge in [-0.25, -0.2) is 9.97 Å². The molecule has 1 aromatic rings. The second kappa shape index (κ2) is 4.05. The molecule has 1 aliphatic carbocycles. The van der Waals surface area contributed by atoms with E-state index in [-0.39, 0.29) is 6.04 Å². The minimum absolute atomic E-state index is 0.241. The van der Waals surface area contributed by atoms with E-state index in [1.807, 2.05) is 12.4 Å². The molecule has 1 aromatic heterocycles. The van der Waals surface area contributed by atoms with Gasteiger partial charge in [0, 0.05) is 24.4 Å². The highest BCUT2D eigenvalue weighted by Crippen LogP contribution is 2.37. The Hall–Kier alpha value is -0.960. The first-order valence-corrected chi connectivity index (χ1v) is 5.36. The van der Waals surface area contributed by atoms with Crippen molar-refractivity contribution in [3.8, 4) is 0 Å². The second-order valence-electron chi connectivity index (χ2n) is 4.10. The topological polar surface area (TPSA) is 51.8 Å². The largest absolute Gasteiger partial charge is 0.327 e. The number of nitrogens with zero attached hydrogens (tertiary/aromatic N) is 2. The summed E-state index contributed by atoms with van der Waals surface area (Å²) in [6, 6.07) is 0.241. The van der Waals surface area contributed by atoms with Gasteiger partial charge in [-0.15, -0.1) is 0 Å². The Morgan fingerprint density at radius 1 is 1.43 bits per heavy atom. The zero-order valence-corrected chi connectivity index (χ0v) is 8.61. The molecular weight excluding hydrogens is 174 g/mol. The van der Waals surface area contributed by atoms with E-state index in [0.29, 0.717) is 5.92 Å². The molecule has 0 aliphatic heterocycles. The minimum atomic E-state index is 0.241. The highest BCUT2D eigenvalue weighted by molar-refractivity contribution is 5.11. The van der Waals surface area contributed by atoms with E-state index in [1.54, 1.807) is 0 Å². The molecule has 1 atom stereocenters. The number of aromatic nitrogens is 2. The summed E-state index contributed by atoms with van der Waals surface area (Å²) in [5, 5.41) is 0. The fourth-order valence-corrected chi connectivity index (χ4v) is 1.47. The molecular formula is C11H17N3. The van der Waals surface area contributed by atoms with Crippen LogP contribution in [0.25, 0.3) is 0 Å². The summed E-state index contributed by atoms with van der Waals surface area (Å²) in [6.45, 7) is 2.10. The van der Waals surface area contributed by atoms with Crippen LogP contribution in [-0.2, 0) is 6.42 Å². The van der Waals surface area contributed by atoms with E-state index < -0.39 is 0 Å². The predicted octanol–water partition coefficient (Wildman–Crippen LogP) is 1.63. The van der Waals surface area contributed by atoms with Crippen LogP contribution in [-0.4, -0.2) is 16.0 Å². The first kappa shape index (κ1) is 9.59. The van der Waals surface area contributed by atoms with Crippen molar-refractivity contribution in [2.75, 3.05) is 0 Å². The number of rotatable bonds is 4. The fraction of sp³-hybridized carbons (Fsp3) is 0.636. The molecule has 1 heterocycles. The quantitative estimate of drug-likeness (QED) is 0.787. The normalized spacial score (nSPS) is 18.1. The first-order chi connectivity index (χ1) is 6.79. The maximum Gasteiger partial charge on any atom is 0.131 e. The van der Waals surface area contributed by atoms with Crippen LogP contribution in [0.5, 0.6) is 0 Å². The summed E-state index contributed by atoms with van der Waals surface area (Å²) in [5.41, 5.74) is 7.02. The van der Waals surface area contributed by atoms with E-state index in [4.69, 9.17) is 5.73 Å². The Morgan fingerprint density at radius 2 is 2.07 bits per heavy atom. The van der Waals surface area contributed by atoms with Gasteiger partial charge in [0.05, 0.1) is 0 Å². The highest BCUT2D eigenvalue weighted by atomic mass is 14.9. The molecule has 1 aliphatic rings. The van der Waals surface area contributed by atoms with Gasteiger partial charge in [-0.1, -0.05) is 6.92 Å². The monoisotopic (exact) mass is 191 g/mol. The fourth-order valence-electron chi connectivity index (χ4n) is 1.47. The van der Waals surface area contributed by atoms with Crippen molar-refractivity contribution in [1.82, 2.24) is 9.97 Å². The molecule has 3 heteroatoms. The van der Waals surface area contributed by atoms with Gasteiger partial charge in [-0.2, -0.15) is 0 Å². The molecule has 14 heavy (non-hydrogen) atoms. The van der Waals surface area contributed by atoms with Crippen molar-refractivity contribution in [3.63, 3.8) is 0 Å². The minimum Gasteiger partial charge on any atom is -0.327 e. The van der Waals surface area contributed by atoms with Crippen molar-refractivity contribution in [3.05, 3.63) is 23.8 Å². The molecule has 0 bridgehead atoms. The summed E-state index contributed by atoms with van der Waals surface area (Å²) in [4.78, 5) is 8.72. The Morgan fingerprint density at radius 3 is 2.57 bits per heavy atom. The molecule has 2 N–H and O–H groups in total. The molecule has 0 radical (unpaired) electrons. The third-order valence-corrected chi connectivity index (χ3v) is 2.69. The molecule has 0 saturated heterocycles. The zero-order valence-electron chi connectivity index (χ0n) is 8.61. The molecule has 1 unspecified atom stereocenters. The highest BCUT2D eigenvalue weighted by Gasteiger charge is 2.26. The average molecular weight is 191 g/mol. The van der Waals surface area contributed by atoms with Crippen molar-refractivity contribution >= 4 is 0 Å². The van der Waals surface area contributed by atoms with Gasteiger partial charge < -0.3 is 5.73 Å². The summed E-state index contributed by atoms with van der Waals surface area (Å²) >= 11 is 0. The summed E-state index contributed by atoms with van der Waals surface area (Å²) < 4.78 is 0. The van der Waals surface area contributed by atoms with Gasteiger partial charge in [0.25, 0.3) is 0 Å². The summed E-state index contributed by atoms with van der Waals surface area (Å²) in [6.07, 6.45) is 8.26. The van der Waals surface area contributed by atoms with Gasteiger partial charge in [-0.3, -0.25) is 0 Å². The number of hydrogen-bond acceptors (Lipinski definition) is 3. The van der Waals surface area contributed by atoms with Crippen molar-refractivity contribution in [2.45, 2.75) is 44.6 Å². The molecule has 0 spiro atoms. The Labute approximate surface area is 84.8 Å². The van der Waals surface area contributed by atoms with Gasteiger partial charge in [-0.05, 0) is 31.2 Å². The summed E-state index contributed by atoms with van der Waals surface area (Å²) in [7, 11) is 0. The lowest BCUT2D eigenvalue weighted by Crippen LogP contribution is -2.21. The molecule has 3 nitrogen and oxygen atoms in total. The summed E-state index contributed by atoms with van der Waals surface area (Å²) in [5.74, 6) is 1.66. The number of nitrogens with two attached hydrogens (primary N) is 1. The van der Waals surface area contributed by atoms with Crippen LogP contribution in [0.4, 0.5) is 0 Å². The van der Waals surface area contributed by atoms with Crippen LogP contribution in [0.3, 0.4) is 0 Å². The third-order valence-electron chi connectivity index (χ3n) is 2.69. The average Bonchev–Trinajstić information content (AvgIpc) is 3.02. The van der Waals surface area contributed by atoms with Gasteiger partial charge in [0.2, 0.25) is 0 Å². The smallest absolute Gasteiger partial charge is 0.131 e. The molecule has 0 aromatic carbocycles. The predicted molar refractivity (Wildman–Crippen MR) is 56.0 cm³/mol. The van der Waals surface area contributed by atoms with Crippen LogP contribution in [0.15, 0.2) is 12.4 Å². The van der Waals surface area contributed by atoms with Crippen LogP contribution in [0.2, 0.25) is 0 Å². The molecule has 2 rings (SSSR count). The Bertz CT molecular complexity index is 290. The van der Waals surface area contributed by atoms with E-state index in [0.717, 1.165) is 24.2 Å². The maximum atomic E-state index is 5.86. The van der Waals surface area contributed by atoms with Gasteiger partial charge in [0.15, 0.2) is 0 Å². The first-order valence-electron chi connectivity index (χ1n) is 5.36. The molecule has 76 valence electrons. The van der Waals surface area contributed by atoms with Crippen molar-refractivity contribution in [1.29, 1.82) is 0 Å². The van der Waals surface area contributed by atoms with Crippen LogP contribution < -0.4 is 5.73 Å². The lowest BCUT2D eigenvalue weighted by atomic mass is 10.1. The second-order valence-corrected chi connectivity index (χ2v) is 4.10. The number of hydrogen-bond donors (Lipinski definition) is 1. The van der Waals surface area contributed by atoms with E-state index >= 15 is 0 Å². The Balaban J connectivity index is 1.98. The molecule has 0 amide bonds. The van der Waals surface area contributed by atoms with E-state index in [1.165, 1.54) is 12.8 Å². The van der Waals surface area contributed by atoms with Gasteiger partial charge in [0.1, 0.15) is 5.82 Å². The maximum absolute atomic E-state index is 5.86. The third kappa shape index (κ3) is 2.29. The lowest BCUT2D eigenvalue weighted by molar-refractivity contribution is 0.642. The van der Waals surface area contributed by atoms with Crippen LogP contribution in [0.1, 0.15) is 43.5 Å². The van der Waals surface area contributed by atoms with Crippen molar-refractivity contribution < 1.29 is 0 Å². The molecule has 1 fully saturated rings. The molecule has 1 saturated carbocycles. The van der Waals surface area contributed by atoms with E-state index in [2.05, 4.69) is 16.9 Å². The van der Waals surface area contributed by atoms with E-state index in [9.17, 15) is 0 Å². The standard InChI is InChI=1S/C11H17N3/c1-2-10(12)5-8-6-13-11(14-7-8)9-3-4-9/h6-7,9-10H,2-5,12H2,1H3.